The molecule has 1 aromatic heterocycles. The minimum Gasteiger partial charge on any atom is -0.442 e. The predicted octanol–water partition coefficient (Wildman–Crippen LogP) is 1.61. The Bertz CT molecular complexity index is 876. The summed E-state index contributed by atoms with van der Waals surface area (Å²) in [5.41, 5.74) is 11.0. The molecular formula is C18H21N5O3. The van der Waals surface area contributed by atoms with Crippen molar-refractivity contribution in [1.29, 1.82) is 0 Å². The van der Waals surface area contributed by atoms with Crippen molar-refractivity contribution in [3.8, 4) is 11.3 Å². The van der Waals surface area contributed by atoms with Gasteiger partial charge in [0.2, 0.25) is 5.91 Å². The van der Waals surface area contributed by atoms with Crippen LogP contribution in [0.3, 0.4) is 0 Å². The fraction of sp³-hybridized carbons (Fsp3) is 0.389. The number of ether oxygens (including phenoxy) is 1. The van der Waals surface area contributed by atoms with Crippen LogP contribution in [0.1, 0.15) is 24.5 Å². The number of amides is 2. The number of cyclic esters (lactones) is 1. The van der Waals surface area contributed by atoms with E-state index in [9.17, 15) is 9.59 Å². The molecule has 0 bridgehead atoms. The van der Waals surface area contributed by atoms with E-state index >= 15 is 0 Å². The lowest BCUT2D eigenvalue weighted by molar-refractivity contribution is -0.119. The Morgan fingerprint density at radius 3 is 3.12 bits per heavy atom. The maximum Gasteiger partial charge on any atom is 0.414 e. The maximum absolute atomic E-state index is 12.2. The van der Waals surface area contributed by atoms with Gasteiger partial charge in [0.15, 0.2) is 0 Å². The zero-order valence-corrected chi connectivity index (χ0v) is 14.5. The van der Waals surface area contributed by atoms with Gasteiger partial charge in [0.1, 0.15) is 11.9 Å². The van der Waals surface area contributed by atoms with Gasteiger partial charge in [-0.2, -0.15) is 5.10 Å². The van der Waals surface area contributed by atoms with E-state index in [-0.39, 0.29) is 18.1 Å². The van der Waals surface area contributed by atoms with Crippen LogP contribution in [0.2, 0.25) is 0 Å². The summed E-state index contributed by atoms with van der Waals surface area (Å²) in [5.74, 6) is 0.417. The van der Waals surface area contributed by atoms with E-state index in [4.69, 9.17) is 10.5 Å². The van der Waals surface area contributed by atoms with Crippen molar-refractivity contribution in [2.45, 2.75) is 32.3 Å². The van der Waals surface area contributed by atoms with Gasteiger partial charge < -0.3 is 15.8 Å². The summed E-state index contributed by atoms with van der Waals surface area (Å²) >= 11 is 0. The summed E-state index contributed by atoms with van der Waals surface area (Å²) in [6.07, 6.45) is 2.03. The summed E-state index contributed by atoms with van der Waals surface area (Å²) in [7, 11) is 0. The number of anilines is 2. The summed E-state index contributed by atoms with van der Waals surface area (Å²) < 4.78 is 5.35. The maximum atomic E-state index is 12.2. The lowest BCUT2D eigenvalue weighted by Crippen LogP contribution is -2.33. The fourth-order valence-electron chi connectivity index (χ4n) is 3.61. The van der Waals surface area contributed by atoms with Gasteiger partial charge in [-0.25, -0.2) is 4.79 Å². The Morgan fingerprint density at radius 2 is 2.31 bits per heavy atom. The van der Waals surface area contributed by atoms with Gasteiger partial charge in [-0.05, 0) is 37.0 Å². The molecule has 0 spiro atoms. The zero-order chi connectivity index (χ0) is 18.3. The Labute approximate surface area is 150 Å². The molecule has 4 N–H and O–H groups in total. The van der Waals surface area contributed by atoms with E-state index in [0.29, 0.717) is 18.9 Å². The van der Waals surface area contributed by atoms with Crippen molar-refractivity contribution < 1.29 is 14.3 Å². The van der Waals surface area contributed by atoms with Crippen molar-refractivity contribution in [1.82, 2.24) is 15.5 Å². The molecule has 1 saturated heterocycles. The van der Waals surface area contributed by atoms with E-state index in [2.05, 4.69) is 15.5 Å². The topological polar surface area (TPSA) is 113 Å². The normalized spacial score (nSPS) is 18.7. The van der Waals surface area contributed by atoms with Gasteiger partial charge in [-0.15, -0.1) is 0 Å². The minimum absolute atomic E-state index is 0.140. The molecule has 0 unspecified atom stereocenters. The molecule has 4 rings (SSSR count). The number of H-pyrrole nitrogens is 1. The second-order valence-electron chi connectivity index (χ2n) is 6.71. The number of hydrogen-bond acceptors (Lipinski definition) is 5. The van der Waals surface area contributed by atoms with Crippen LogP contribution >= 0.6 is 0 Å². The van der Waals surface area contributed by atoms with Gasteiger partial charge in [0.05, 0.1) is 18.8 Å². The number of aryl methyl sites for hydroxylation is 1. The van der Waals surface area contributed by atoms with Crippen LogP contribution in [0.25, 0.3) is 11.3 Å². The molecule has 2 aromatic rings. The zero-order valence-electron chi connectivity index (χ0n) is 14.5. The number of aromatic amines is 1. The molecule has 2 heterocycles. The number of benzene rings is 1. The van der Waals surface area contributed by atoms with Crippen LogP contribution in [0, 0.1) is 0 Å². The SMILES string of the molecule is CC(=O)NC[C@H]1CN(c2ccc3c(c2)CCCc2c(N)n[nH]c2-3)C(=O)O1. The van der Waals surface area contributed by atoms with E-state index in [1.165, 1.54) is 6.92 Å². The Morgan fingerprint density at radius 1 is 1.46 bits per heavy atom. The minimum atomic E-state index is -0.389. The number of carbonyl (C=O) groups excluding carboxylic acids is 2. The van der Waals surface area contributed by atoms with Crippen LogP contribution in [-0.2, 0) is 22.4 Å². The first-order valence-corrected chi connectivity index (χ1v) is 8.71. The van der Waals surface area contributed by atoms with Crippen LogP contribution in [0.4, 0.5) is 16.3 Å². The Kier molecular flexibility index (Phi) is 4.02. The second-order valence-corrected chi connectivity index (χ2v) is 6.71. The van der Waals surface area contributed by atoms with Gasteiger partial charge in [-0.1, -0.05) is 6.07 Å². The molecule has 2 aliphatic rings. The van der Waals surface area contributed by atoms with Gasteiger partial charge in [0.25, 0.3) is 0 Å². The number of hydrogen-bond donors (Lipinski definition) is 3. The van der Waals surface area contributed by atoms with Crippen LogP contribution in [-0.4, -0.2) is 41.4 Å². The van der Waals surface area contributed by atoms with Crippen molar-refractivity contribution in [2.75, 3.05) is 23.7 Å². The molecule has 0 saturated carbocycles. The quantitative estimate of drug-likeness (QED) is 0.774. The number of nitrogen functional groups attached to an aromatic ring is 1. The Hall–Kier alpha value is -3.03. The van der Waals surface area contributed by atoms with Crippen molar-refractivity contribution in [2.24, 2.45) is 0 Å². The number of nitrogens with one attached hydrogen (secondary N) is 2. The van der Waals surface area contributed by atoms with Crippen LogP contribution < -0.4 is 16.0 Å². The van der Waals surface area contributed by atoms with Crippen molar-refractivity contribution in [3.63, 3.8) is 0 Å². The molecule has 136 valence electrons. The monoisotopic (exact) mass is 355 g/mol. The number of nitrogens with two attached hydrogens (primary N) is 1. The molecule has 1 aromatic carbocycles. The third-order valence-corrected chi connectivity index (χ3v) is 4.89. The van der Waals surface area contributed by atoms with Crippen LogP contribution in [0.5, 0.6) is 0 Å². The van der Waals surface area contributed by atoms with E-state index in [1.54, 1.807) is 4.90 Å². The van der Waals surface area contributed by atoms with Gasteiger partial charge in [-0.3, -0.25) is 14.8 Å². The number of aromatic nitrogens is 2. The number of nitrogens with zero attached hydrogens (tertiary/aromatic N) is 2. The number of rotatable bonds is 3. The molecule has 1 aliphatic carbocycles. The highest BCUT2D eigenvalue weighted by Gasteiger charge is 2.33. The van der Waals surface area contributed by atoms with Gasteiger partial charge >= 0.3 is 6.09 Å². The average molecular weight is 355 g/mol. The molecule has 1 fully saturated rings. The van der Waals surface area contributed by atoms with Gasteiger partial charge in [0, 0.05) is 23.7 Å². The smallest absolute Gasteiger partial charge is 0.414 e. The molecule has 2 amide bonds. The highest BCUT2D eigenvalue weighted by molar-refractivity contribution is 5.90. The molecule has 8 nitrogen and oxygen atoms in total. The molecule has 8 heteroatoms. The van der Waals surface area contributed by atoms with E-state index < -0.39 is 0 Å². The third kappa shape index (κ3) is 2.87. The second kappa shape index (κ2) is 6.36. The average Bonchev–Trinajstić information content (AvgIpc) is 3.10. The number of carbonyl (C=O) groups is 2. The molecule has 1 aliphatic heterocycles. The van der Waals surface area contributed by atoms with Crippen LogP contribution in [0.15, 0.2) is 18.2 Å². The fourth-order valence-corrected chi connectivity index (χ4v) is 3.61. The molecule has 26 heavy (non-hydrogen) atoms. The highest BCUT2D eigenvalue weighted by Crippen LogP contribution is 2.36. The van der Waals surface area contributed by atoms with E-state index in [1.807, 2.05) is 18.2 Å². The van der Waals surface area contributed by atoms with Crippen molar-refractivity contribution in [3.05, 3.63) is 29.3 Å². The first kappa shape index (κ1) is 16.4. The van der Waals surface area contributed by atoms with Crippen molar-refractivity contribution >= 4 is 23.5 Å². The summed E-state index contributed by atoms with van der Waals surface area (Å²) in [5, 5.41) is 9.85. The summed E-state index contributed by atoms with van der Waals surface area (Å²) in [6.45, 7) is 2.18. The Balaban J connectivity index is 1.59. The molecule has 0 radical (unpaired) electrons. The first-order chi connectivity index (χ1) is 12.5. The lowest BCUT2D eigenvalue weighted by Gasteiger charge is -2.16. The lowest BCUT2D eigenvalue weighted by atomic mass is 10.0. The summed E-state index contributed by atoms with van der Waals surface area (Å²) in [4.78, 5) is 24.9. The third-order valence-electron chi connectivity index (χ3n) is 4.89. The standard InChI is InChI=1S/C18H21N5O3/c1-10(24)20-8-13-9-23(18(25)26-13)12-5-6-14-11(7-12)3-2-4-15-16(14)21-22-17(15)19/h5-7,13H,2-4,8-9H2,1H3,(H,20,24)(H3,19,21,22)/t13-/m0/s1. The molecular weight excluding hydrogens is 334 g/mol. The molecule has 1 atom stereocenters. The van der Waals surface area contributed by atoms with E-state index in [0.717, 1.165) is 47.3 Å². The highest BCUT2D eigenvalue weighted by atomic mass is 16.6. The summed E-state index contributed by atoms with van der Waals surface area (Å²) in [6, 6.07) is 5.94. The predicted molar refractivity (Wildman–Crippen MR) is 96.8 cm³/mol. The largest absolute Gasteiger partial charge is 0.442 e. The number of fused-ring (bicyclic) bond motifs is 3. The first-order valence-electron chi connectivity index (χ1n) is 8.71.